The fraction of sp³-hybridized carbons (Fsp3) is 0.357. The van der Waals surface area contributed by atoms with Crippen LogP contribution in [0, 0.1) is 6.92 Å². The molecule has 2 heterocycles. The van der Waals surface area contributed by atoms with E-state index in [0.29, 0.717) is 11.0 Å². The van der Waals surface area contributed by atoms with Crippen LogP contribution in [0.2, 0.25) is 5.15 Å². The van der Waals surface area contributed by atoms with Gasteiger partial charge in [0.2, 0.25) is 5.91 Å². The number of hydrogen-bond acceptors (Lipinski definition) is 3. The lowest BCUT2D eigenvalue weighted by Crippen LogP contribution is -2.07. The molecular formula is C14H18ClN5O. The van der Waals surface area contributed by atoms with Crippen molar-refractivity contribution < 1.29 is 4.79 Å². The molecule has 0 unspecified atom stereocenters. The van der Waals surface area contributed by atoms with Crippen LogP contribution in [0.25, 0.3) is 6.08 Å². The molecule has 2 aromatic heterocycles. The summed E-state index contributed by atoms with van der Waals surface area (Å²) >= 11 is 6.10. The van der Waals surface area contributed by atoms with E-state index in [1.54, 1.807) is 17.8 Å². The minimum absolute atomic E-state index is 0.260. The van der Waals surface area contributed by atoms with Gasteiger partial charge >= 0.3 is 0 Å². The van der Waals surface area contributed by atoms with Crippen molar-refractivity contribution in [1.29, 1.82) is 0 Å². The summed E-state index contributed by atoms with van der Waals surface area (Å²) < 4.78 is 1.57. The van der Waals surface area contributed by atoms with E-state index in [4.69, 9.17) is 11.6 Å². The maximum absolute atomic E-state index is 11.9. The molecule has 2 N–H and O–H groups in total. The molecule has 0 aliphatic heterocycles. The number of aromatic nitrogens is 4. The minimum atomic E-state index is -0.260. The number of nitrogens with one attached hydrogen (secondary N) is 2. The summed E-state index contributed by atoms with van der Waals surface area (Å²) in [6, 6.07) is 1.83. The van der Waals surface area contributed by atoms with Gasteiger partial charge in [0.25, 0.3) is 0 Å². The Kier molecular flexibility index (Phi) is 4.80. The van der Waals surface area contributed by atoms with Crippen molar-refractivity contribution in [2.75, 3.05) is 5.32 Å². The van der Waals surface area contributed by atoms with Crippen LogP contribution >= 0.6 is 11.6 Å². The second kappa shape index (κ2) is 6.58. The molecular weight excluding hydrogens is 290 g/mol. The Morgan fingerprint density at radius 1 is 1.57 bits per heavy atom. The van der Waals surface area contributed by atoms with Gasteiger partial charge in [0.05, 0.1) is 5.69 Å². The molecule has 1 amide bonds. The number of aryl methyl sites for hydroxylation is 3. The number of halogens is 1. The molecule has 0 aliphatic carbocycles. The van der Waals surface area contributed by atoms with Crippen molar-refractivity contribution in [2.45, 2.75) is 26.7 Å². The van der Waals surface area contributed by atoms with Gasteiger partial charge < -0.3 is 5.32 Å². The smallest absolute Gasteiger partial charge is 0.249 e. The predicted molar refractivity (Wildman–Crippen MR) is 83.2 cm³/mol. The summed E-state index contributed by atoms with van der Waals surface area (Å²) in [7, 11) is 1.76. The molecule has 0 spiro atoms. The summed E-state index contributed by atoms with van der Waals surface area (Å²) in [5, 5.41) is 14.3. The molecule has 7 heteroatoms. The minimum Gasteiger partial charge on any atom is -0.306 e. The number of amides is 1. The highest BCUT2D eigenvalue weighted by Crippen LogP contribution is 2.20. The van der Waals surface area contributed by atoms with Gasteiger partial charge in [-0.3, -0.25) is 14.6 Å². The van der Waals surface area contributed by atoms with E-state index >= 15 is 0 Å². The first kappa shape index (κ1) is 15.3. The molecule has 2 rings (SSSR count). The van der Waals surface area contributed by atoms with Crippen LogP contribution in [0.1, 0.15) is 30.3 Å². The monoisotopic (exact) mass is 307 g/mol. The van der Waals surface area contributed by atoms with Crippen molar-refractivity contribution in [3.63, 3.8) is 0 Å². The Labute approximate surface area is 128 Å². The zero-order valence-corrected chi connectivity index (χ0v) is 13.0. The van der Waals surface area contributed by atoms with E-state index in [-0.39, 0.29) is 5.91 Å². The molecule has 21 heavy (non-hydrogen) atoms. The van der Waals surface area contributed by atoms with Crippen LogP contribution in [0.4, 0.5) is 5.82 Å². The molecule has 0 radical (unpaired) electrons. The highest BCUT2D eigenvalue weighted by atomic mass is 35.5. The van der Waals surface area contributed by atoms with Crippen molar-refractivity contribution in [1.82, 2.24) is 20.0 Å². The van der Waals surface area contributed by atoms with E-state index in [9.17, 15) is 4.79 Å². The largest absolute Gasteiger partial charge is 0.306 e. The lowest BCUT2D eigenvalue weighted by atomic mass is 10.2. The number of H-pyrrole nitrogens is 1. The molecule has 0 saturated carbocycles. The molecule has 2 aromatic rings. The number of aromatic amines is 1. The number of carbonyl (C=O) groups excluding carboxylic acids is 1. The Hall–Kier alpha value is -2.08. The first-order valence-corrected chi connectivity index (χ1v) is 7.11. The van der Waals surface area contributed by atoms with Crippen LogP contribution < -0.4 is 5.32 Å². The molecule has 0 atom stereocenters. The van der Waals surface area contributed by atoms with Crippen LogP contribution in [0.5, 0.6) is 0 Å². The van der Waals surface area contributed by atoms with Crippen LogP contribution in [-0.4, -0.2) is 25.9 Å². The maximum atomic E-state index is 11.9. The van der Waals surface area contributed by atoms with Gasteiger partial charge in [0.15, 0.2) is 5.82 Å². The SMILES string of the molecule is CCCc1cc(NC(=O)/C=C/c2c(C)nn(C)c2Cl)n[nH]1. The zero-order chi connectivity index (χ0) is 15.4. The van der Waals surface area contributed by atoms with E-state index in [0.717, 1.165) is 29.8 Å². The molecule has 0 fully saturated rings. The third kappa shape index (κ3) is 3.72. The summed E-state index contributed by atoms with van der Waals surface area (Å²) in [5.41, 5.74) is 2.52. The quantitative estimate of drug-likeness (QED) is 0.834. The third-order valence-corrected chi connectivity index (χ3v) is 3.45. The Morgan fingerprint density at radius 2 is 2.33 bits per heavy atom. The first-order valence-electron chi connectivity index (χ1n) is 6.73. The topological polar surface area (TPSA) is 75.6 Å². The standard InChI is InChI=1S/C14H18ClN5O/c1-4-5-10-8-12(18-17-10)16-13(21)7-6-11-9(2)19-20(3)14(11)15/h6-8H,4-5H2,1-3H3,(H2,16,17,18,21)/b7-6+. The lowest BCUT2D eigenvalue weighted by Gasteiger charge is -1.96. The Morgan fingerprint density at radius 3 is 2.95 bits per heavy atom. The molecule has 6 nitrogen and oxygen atoms in total. The molecule has 0 saturated heterocycles. The fourth-order valence-corrected chi connectivity index (χ4v) is 2.22. The second-order valence-corrected chi connectivity index (χ2v) is 5.12. The van der Waals surface area contributed by atoms with Crippen molar-refractivity contribution in [2.24, 2.45) is 7.05 Å². The Balaban J connectivity index is 2.02. The first-order chi connectivity index (χ1) is 10.0. The number of rotatable bonds is 5. The van der Waals surface area contributed by atoms with E-state index < -0.39 is 0 Å². The third-order valence-electron chi connectivity index (χ3n) is 3.00. The summed E-state index contributed by atoms with van der Waals surface area (Å²) in [6.07, 6.45) is 5.00. The predicted octanol–water partition coefficient (Wildman–Crippen LogP) is 2.71. The fourth-order valence-electron chi connectivity index (χ4n) is 1.99. The van der Waals surface area contributed by atoms with Gasteiger partial charge in [-0.1, -0.05) is 24.9 Å². The molecule has 112 valence electrons. The van der Waals surface area contributed by atoms with Gasteiger partial charge in [-0.25, -0.2) is 0 Å². The maximum Gasteiger partial charge on any atom is 0.249 e. The lowest BCUT2D eigenvalue weighted by molar-refractivity contribution is -0.111. The van der Waals surface area contributed by atoms with E-state index in [1.165, 1.54) is 6.08 Å². The zero-order valence-electron chi connectivity index (χ0n) is 12.3. The summed E-state index contributed by atoms with van der Waals surface area (Å²) in [6.45, 7) is 3.93. The average molecular weight is 308 g/mol. The molecule has 0 aromatic carbocycles. The second-order valence-electron chi connectivity index (χ2n) is 4.76. The van der Waals surface area contributed by atoms with Crippen molar-refractivity contribution in [3.05, 3.63) is 34.2 Å². The van der Waals surface area contributed by atoms with E-state index in [2.05, 4.69) is 27.5 Å². The number of hydrogen-bond donors (Lipinski definition) is 2. The van der Waals surface area contributed by atoms with Gasteiger partial charge in [-0.2, -0.15) is 10.2 Å². The highest BCUT2D eigenvalue weighted by Gasteiger charge is 2.09. The average Bonchev–Trinajstić information content (AvgIpc) is 2.95. The summed E-state index contributed by atoms with van der Waals surface area (Å²) in [4.78, 5) is 11.9. The molecule has 0 bridgehead atoms. The van der Waals surface area contributed by atoms with Crippen molar-refractivity contribution in [3.8, 4) is 0 Å². The normalized spacial score (nSPS) is 11.2. The van der Waals surface area contributed by atoms with Gasteiger partial charge in [0, 0.05) is 30.4 Å². The van der Waals surface area contributed by atoms with Crippen LogP contribution in [0.3, 0.4) is 0 Å². The van der Waals surface area contributed by atoms with Crippen molar-refractivity contribution >= 4 is 29.4 Å². The summed E-state index contributed by atoms with van der Waals surface area (Å²) in [5.74, 6) is 0.256. The van der Waals surface area contributed by atoms with Gasteiger partial charge in [0.1, 0.15) is 5.15 Å². The number of nitrogens with zero attached hydrogens (tertiary/aromatic N) is 3. The highest BCUT2D eigenvalue weighted by molar-refractivity contribution is 6.31. The van der Waals surface area contributed by atoms with Crippen LogP contribution in [0.15, 0.2) is 12.1 Å². The van der Waals surface area contributed by atoms with Gasteiger partial charge in [-0.05, 0) is 19.4 Å². The Bertz CT molecular complexity index is 671. The van der Waals surface area contributed by atoms with E-state index in [1.807, 2.05) is 13.0 Å². The van der Waals surface area contributed by atoms with Crippen LogP contribution in [-0.2, 0) is 18.3 Å². The molecule has 0 aliphatic rings. The number of carbonyl (C=O) groups is 1. The van der Waals surface area contributed by atoms with Gasteiger partial charge in [-0.15, -0.1) is 0 Å². The number of anilines is 1.